The van der Waals surface area contributed by atoms with Gasteiger partial charge in [-0.25, -0.2) is 9.37 Å². The lowest BCUT2D eigenvalue weighted by Gasteiger charge is -2.59. The first kappa shape index (κ1) is 25.1. The van der Waals surface area contributed by atoms with E-state index >= 15 is 0 Å². The summed E-state index contributed by atoms with van der Waals surface area (Å²) in [6.07, 6.45) is -2.75. The molecule has 38 heavy (non-hydrogen) atoms. The second-order valence-corrected chi connectivity index (χ2v) is 11.5. The van der Waals surface area contributed by atoms with Crippen molar-refractivity contribution in [2.75, 3.05) is 18.0 Å². The zero-order valence-electron chi connectivity index (χ0n) is 20.7. The molecule has 198 valence electrons. The molecule has 0 atom stereocenters. The van der Waals surface area contributed by atoms with Crippen LogP contribution in [0.15, 0.2) is 30.3 Å². The molecule has 1 saturated heterocycles. The molecule has 12 heteroatoms. The Kier molecular flexibility index (Phi) is 5.53. The van der Waals surface area contributed by atoms with Gasteiger partial charge in [-0.15, -0.1) is 10.2 Å². The first-order valence-corrected chi connectivity index (χ1v) is 12.6. The fourth-order valence-corrected chi connectivity index (χ4v) is 6.10. The SMILES string of the molecule is CC(C)(N1Cc2cc(Cl)ccc2-n2c(nnc2C2CC3(C2)CN(c2ccc(F)c(C#N)n2)C3)C1)C(F)(F)F. The van der Waals surface area contributed by atoms with Gasteiger partial charge in [0.2, 0.25) is 0 Å². The standard InChI is InChI=1S/C26H24ClF4N7/c1-24(2,26(29,30)31)37-11-15-7-17(27)3-5-20(15)38-22(12-37)34-35-23(38)16-8-25(9-16)13-36(14-25)21-6-4-18(28)19(10-32)33-21/h3-7,16H,8-9,11-14H2,1-2H3. The molecule has 0 N–H and O–H groups in total. The summed E-state index contributed by atoms with van der Waals surface area (Å²) >= 11 is 6.25. The highest BCUT2D eigenvalue weighted by Gasteiger charge is 2.55. The zero-order valence-corrected chi connectivity index (χ0v) is 21.5. The fraction of sp³-hybridized carbons (Fsp3) is 0.462. The molecule has 2 fully saturated rings. The molecule has 4 heterocycles. The van der Waals surface area contributed by atoms with Crippen LogP contribution < -0.4 is 4.90 Å². The minimum atomic E-state index is -4.44. The van der Waals surface area contributed by atoms with Crippen molar-refractivity contribution in [2.24, 2.45) is 5.41 Å². The summed E-state index contributed by atoms with van der Waals surface area (Å²) in [5, 5.41) is 18.3. The summed E-state index contributed by atoms with van der Waals surface area (Å²) in [4.78, 5) is 7.51. The first-order chi connectivity index (χ1) is 17.9. The summed E-state index contributed by atoms with van der Waals surface area (Å²) < 4.78 is 57.5. The molecule has 1 aromatic carbocycles. The maximum Gasteiger partial charge on any atom is 0.406 e. The lowest BCUT2D eigenvalue weighted by molar-refractivity contribution is -0.224. The highest BCUT2D eigenvalue weighted by molar-refractivity contribution is 6.30. The predicted molar refractivity (Wildman–Crippen MR) is 131 cm³/mol. The van der Waals surface area contributed by atoms with Crippen LogP contribution in [0.25, 0.3) is 5.69 Å². The third kappa shape index (κ3) is 3.84. The third-order valence-corrected chi connectivity index (χ3v) is 8.49. The Labute approximate surface area is 221 Å². The van der Waals surface area contributed by atoms with E-state index in [0.717, 1.165) is 37.4 Å². The monoisotopic (exact) mass is 545 g/mol. The number of alkyl halides is 3. The van der Waals surface area contributed by atoms with E-state index < -0.39 is 17.5 Å². The number of hydrogen-bond donors (Lipinski definition) is 0. The Morgan fingerprint density at radius 1 is 1.08 bits per heavy atom. The van der Waals surface area contributed by atoms with Crippen molar-refractivity contribution in [1.82, 2.24) is 24.6 Å². The molecule has 1 spiro atoms. The van der Waals surface area contributed by atoms with Gasteiger partial charge in [0, 0.05) is 36.0 Å². The highest BCUT2D eigenvalue weighted by atomic mass is 35.5. The summed E-state index contributed by atoms with van der Waals surface area (Å²) in [6.45, 7) is 3.88. The molecule has 2 aromatic heterocycles. The number of halogens is 5. The maximum absolute atomic E-state index is 14.0. The van der Waals surface area contributed by atoms with Gasteiger partial charge in [-0.1, -0.05) is 11.6 Å². The molecule has 3 aliphatic rings. The van der Waals surface area contributed by atoms with Crippen LogP contribution in [0.1, 0.15) is 55.5 Å². The van der Waals surface area contributed by atoms with Gasteiger partial charge in [0.15, 0.2) is 17.3 Å². The molecule has 2 aliphatic heterocycles. The number of hydrogen-bond acceptors (Lipinski definition) is 6. The molecular weight excluding hydrogens is 522 g/mol. The lowest BCUT2D eigenvalue weighted by atomic mass is 9.57. The summed E-state index contributed by atoms with van der Waals surface area (Å²) in [7, 11) is 0. The van der Waals surface area contributed by atoms with Crippen molar-refractivity contribution in [2.45, 2.75) is 57.4 Å². The van der Waals surface area contributed by atoms with E-state index in [1.54, 1.807) is 24.3 Å². The molecular formula is C26H24ClF4N7. The number of anilines is 1. The average molecular weight is 546 g/mol. The fourth-order valence-electron chi connectivity index (χ4n) is 5.90. The molecule has 1 aliphatic carbocycles. The quantitative estimate of drug-likeness (QED) is 0.412. The van der Waals surface area contributed by atoms with Crippen LogP contribution in [0.5, 0.6) is 0 Å². The Morgan fingerprint density at radius 2 is 1.82 bits per heavy atom. The smallest absolute Gasteiger partial charge is 0.355 e. The Balaban J connectivity index is 1.26. The van der Waals surface area contributed by atoms with Crippen LogP contribution in [0.3, 0.4) is 0 Å². The second-order valence-electron chi connectivity index (χ2n) is 11.1. The number of rotatable bonds is 3. The van der Waals surface area contributed by atoms with Crippen LogP contribution >= 0.6 is 11.6 Å². The number of nitriles is 1. The second kappa shape index (κ2) is 8.38. The van der Waals surface area contributed by atoms with E-state index in [0.29, 0.717) is 22.2 Å². The van der Waals surface area contributed by atoms with Crippen molar-refractivity contribution in [3.63, 3.8) is 0 Å². The zero-order chi connectivity index (χ0) is 27.0. The number of fused-ring (bicyclic) bond motifs is 3. The van der Waals surface area contributed by atoms with E-state index in [9.17, 15) is 17.6 Å². The van der Waals surface area contributed by atoms with E-state index in [4.69, 9.17) is 16.9 Å². The molecule has 0 bridgehead atoms. The molecule has 1 saturated carbocycles. The number of aromatic nitrogens is 4. The van der Waals surface area contributed by atoms with Gasteiger partial charge in [0.05, 0.1) is 12.2 Å². The summed E-state index contributed by atoms with van der Waals surface area (Å²) in [6, 6.07) is 9.88. The average Bonchev–Trinajstić information content (AvgIpc) is 3.12. The van der Waals surface area contributed by atoms with Gasteiger partial charge in [0.25, 0.3) is 0 Å². The molecule has 0 radical (unpaired) electrons. The third-order valence-electron chi connectivity index (χ3n) is 8.25. The van der Waals surface area contributed by atoms with Crippen LogP contribution in [0.4, 0.5) is 23.4 Å². The minimum absolute atomic E-state index is 0.00505. The van der Waals surface area contributed by atoms with E-state index in [-0.39, 0.29) is 30.1 Å². The topological polar surface area (TPSA) is 73.9 Å². The van der Waals surface area contributed by atoms with Crippen molar-refractivity contribution in [3.8, 4) is 11.8 Å². The van der Waals surface area contributed by atoms with Crippen LogP contribution in [0.2, 0.25) is 5.02 Å². The minimum Gasteiger partial charge on any atom is -0.355 e. The Bertz CT molecular complexity index is 1460. The molecule has 0 amide bonds. The van der Waals surface area contributed by atoms with E-state index in [1.807, 2.05) is 15.5 Å². The van der Waals surface area contributed by atoms with Crippen molar-refractivity contribution >= 4 is 17.4 Å². The van der Waals surface area contributed by atoms with Gasteiger partial charge in [-0.05, 0) is 62.6 Å². The lowest BCUT2D eigenvalue weighted by Crippen LogP contribution is -2.62. The first-order valence-electron chi connectivity index (χ1n) is 12.3. The van der Waals surface area contributed by atoms with Crippen molar-refractivity contribution < 1.29 is 17.6 Å². The van der Waals surface area contributed by atoms with Crippen LogP contribution in [-0.2, 0) is 13.1 Å². The molecule has 3 aromatic rings. The van der Waals surface area contributed by atoms with Gasteiger partial charge in [-0.2, -0.15) is 18.4 Å². The molecule has 6 rings (SSSR count). The van der Waals surface area contributed by atoms with Crippen molar-refractivity contribution in [1.29, 1.82) is 5.26 Å². The summed E-state index contributed by atoms with van der Waals surface area (Å²) in [5.41, 5.74) is -0.807. The van der Waals surface area contributed by atoms with E-state index in [2.05, 4.69) is 15.2 Å². The van der Waals surface area contributed by atoms with Gasteiger partial charge in [-0.3, -0.25) is 9.47 Å². The normalized spacial score (nSPS) is 19.3. The molecule has 7 nitrogen and oxygen atoms in total. The highest BCUT2D eigenvalue weighted by Crippen LogP contribution is 2.56. The summed E-state index contributed by atoms with van der Waals surface area (Å²) in [5.74, 6) is 1.24. The largest absolute Gasteiger partial charge is 0.406 e. The van der Waals surface area contributed by atoms with E-state index in [1.165, 1.54) is 24.8 Å². The van der Waals surface area contributed by atoms with Crippen molar-refractivity contribution in [3.05, 3.63) is 64.1 Å². The number of nitrogens with zero attached hydrogens (tertiary/aromatic N) is 7. The predicted octanol–water partition coefficient (Wildman–Crippen LogP) is 5.37. The van der Waals surface area contributed by atoms with Crippen LogP contribution in [0, 0.1) is 22.6 Å². The Hall–Kier alpha value is -3.23. The van der Waals surface area contributed by atoms with Gasteiger partial charge in [0.1, 0.15) is 23.3 Å². The molecule has 0 unspecified atom stereocenters. The van der Waals surface area contributed by atoms with Gasteiger partial charge >= 0.3 is 6.18 Å². The number of benzene rings is 1. The maximum atomic E-state index is 14.0. The van der Waals surface area contributed by atoms with Crippen LogP contribution in [-0.4, -0.2) is 49.5 Å². The number of pyridine rings is 1. The van der Waals surface area contributed by atoms with Gasteiger partial charge < -0.3 is 4.90 Å². The Morgan fingerprint density at radius 3 is 2.50 bits per heavy atom.